The second kappa shape index (κ2) is 14.4. The molecule has 3 heterocycles. The van der Waals surface area contributed by atoms with Crippen LogP contribution in [0.15, 0.2) is 0 Å². The van der Waals surface area contributed by atoms with Crippen molar-refractivity contribution >= 4 is 0 Å². The van der Waals surface area contributed by atoms with Gasteiger partial charge < -0.3 is 99.9 Å². The Morgan fingerprint density at radius 1 is 0.533 bits per heavy atom. The molecule has 264 valence electrons. The fourth-order valence-electron chi connectivity index (χ4n) is 6.14. The Labute approximate surface area is 255 Å². The van der Waals surface area contributed by atoms with Crippen molar-refractivity contribution in [1.29, 1.82) is 0 Å². The van der Waals surface area contributed by atoms with Crippen molar-refractivity contribution in [3.63, 3.8) is 0 Å². The molecule has 0 amide bonds. The van der Waals surface area contributed by atoms with Crippen LogP contribution in [-0.4, -0.2) is 214 Å². The smallest absolute Gasteiger partial charge is 0.224 e. The molecule has 1 saturated carbocycles. The van der Waals surface area contributed by atoms with Gasteiger partial charge in [0.05, 0.1) is 32.5 Å². The minimum Gasteiger partial charge on any atom is -0.396 e. The highest BCUT2D eigenvalue weighted by Crippen LogP contribution is 2.43. The van der Waals surface area contributed by atoms with E-state index in [1.807, 2.05) is 0 Å². The van der Waals surface area contributed by atoms with Gasteiger partial charge in [-0.25, -0.2) is 0 Å². The fraction of sp³-hybridized carbons (Fsp3) is 1.00. The van der Waals surface area contributed by atoms with Crippen LogP contribution in [0.4, 0.5) is 0 Å². The van der Waals surface area contributed by atoms with Gasteiger partial charge in [0.2, 0.25) is 11.6 Å². The maximum Gasteiger partial charge on any atom is 0.224 e. The Hall–Kier alpha value is -0.800. The molecule has 4 rings (SSSR count). The van der Waals surface area contributed by atoms with E-state index in [9.17, 15) is 71.5 Å². The molecule has 0 spiro atoms. The molecule has 0 aromatic heterocycles. The highest BCUT2D eigenvalue weighted by Gasteiger charge is 2.63. The van der Waals surface area contributed by atoms with Crippen LogP contribution in [0, 0.1) is 5.92 Å². The Bertz CT molecular complexity index is 962. The second-order valence-electron chi connectivity index (χ2n) is 11.9. The van der Waals surface area contributed by atoms with E-state index in [-0.39, 0.29) is 6.42 Å². The molecule has 5 unspecified atom stereocenters. The van der Waals surface area contributed by atoms with Crippen LogP contribution in [0.3, 0.4) is 0 Å². The largest absolute Gasteiger partial charge is 0.396 e. The van der Waals surface area contributed by atoms with E-state index in [4.69, 9.17) is 28.4 Å². The van der Waals surface area contributed by atoms with Crippen molar-refractivity contribution in [3.05, 3.63) is 0 Å². The molecular formula is C25H44O20. The van der Waals surface area contributed by atoms with Gasteiger partial charge in [-0.05, 0) is 6.42 Å². The van der Waals surface area contributed by atoms with E-state index in [1.54, 1.807) is 0 Å². The monoisotopic (exact) mass is 664 g/mol. The van der Waals surface area contributed by atoms with Gasteiger partial charge in [-0.1, -0.05) is 0 Å². The summed E-state index contributed by atoms with van der Waals surface area (Å²) in [7, 11) is 0. The van der Waals surface area contributed by atoms with Crippen molar-refractivity contribution in [2.45, 2.75) is 103 Å². The van der Waals surface area contributed by atoms with Gasteiger partial charge >= 0.3 is 0 Å². The molecule has 20 heteroatoms. The maximum atomic E-state index is 11.0. The molecule has 0 radical (unpaired) electrons. The zero-order valence-corrected chi connectivity index (χ0v) is 24.0. The van der Waals surface area contributed by atoms with Crippen LogP contribution in [-0.2, 0) is 28.4 Å². The molecule has 45 heavy (non-hydrogen) atoms. The molecule has 17 atom stereocenters. The van der Waals surface area contributed by atoms with Gasteiger partial charge in [-0.15, -0.1) is 0 Å². The molecule has 0 aromatic carbocycles. The first-order valence-corrected chi connectivity index (χ1v) is 14.3. The second-order valence-corrected chi connectivity index (χ2v) is 11.9. The summed E-state index contributed by atoms with van der Waals surface area (Å²) in [5.74, 6) is -6.10. The van der Waals surface area contributed by atoms with E-state index in [2.05, 4.69) is 0 Å². The van der Waals surface area contributed by atoms with Gasteiger partial charge in [0.1, 0.15) is 86.0 Å². The van der Waals surface area contributed by atoms with E-state index in [0.717, 1.165) is 0 Å². The molecule has 0 bridgehead atoms. The molecule has 3 saturated heterocycles. The van der Waals surface area contributed by atoms with Crippen LogP contribution in [0.2, 0.25) is 0 Å². The van der Waals surface area contributed by atoms with Crippen LogP contribution < -0.4 is 0 Å². The van der Waals surface area contributed by atoms with Crippen LogP contribution >= 0.6 is 0 Å². The lowest BCUT2D eigenvalue weighted by molar-refractivity contribution is -0.401. The van der Waals surface area contributed by atoms with E-state index in [0.29, 0.717) is 0 Å². The zero-order valence-electron chi connectivity index (χ0n) is 24.0. The van der Waals surface area contributed by atoms with E-state index < -0.39 is 149 Å². The molecule has 1 aliphatic carbocycles. The first-order valence-electron chi connectivity index (χ1n) is 14.3. The standard InChI is InChI=1S/C25H44O20/c26-2-9-1-23(6-30,19(37)13(9)31)40-7-24(20(38)15(33)11(4-28)43-24)41-8-25(21(39)16(34)12(5-29)44-25)45-22-18(36)17(35)14(32)10(3-27)42-22/h9-22,26-39H,1-8H2/t9-,10?,11-,12-,13+,14-,15+,16+,17+,18+,19?,20?,21?,22?,23+,24-,25+/m1/s1. The molecule has 4 aliphatic rings. The van der Waals surface area contributed by atoms with Crippen LogP contribution in [0.5, 0.6) is 0 Å². The summed E-state index contributed by atoms with van der Waals surface area (Å²) < 4.78 is 33.7. The van der Waals surface area contributed by atoms with E-state index in [1.165, 1.54) is 0 Å². The highest BCUT2D eigenvalue weighted by molar-refractivity contribution is 5.06. The van der Waals surface area contributed by atoms with Crippen LogP contribution in [0.25, 0.3) is 0 Å². The Morgan fingerprint density at radius 3 is 1.56 bits per heavy atom. The lowest BCUT2D eigenvalue weighted by atomic mass is 9.98. The minimum absolute atomic E-state index is 0.281. The topological polar surface area (TPSA) is 339 Å². The number of aliphatic hydroxyl groups is 14. The van der Waals surface area contributed by atoms with Crippen molar-refractivity contribution < 1.29 is 99.9 Å². The summed E-state index contributed by atoms with van der Waals surface area (Å²) in [5, 5.41) is 144. The zero-order chi connectivity index (χ0) is 33.5. The van der Waals surface area contributed by atoms with Crippen molar-refractivity contribution in [1.82, 2.24) is 0 Å². The summed E-state index contributed by atoms with van der Waals surface area (Å²) in [5.41, 5.74) is -1.94. The normalized spacial score (nSPS) is 52.1. The molecule has 20 nitrogen and oxygen atoms in total. The first kappa shape index (κ1) is 37.0. The highest BCUT2D eigenvalue weighted by atomic mass is 16.8. The Kier molecular flexibility index (Phi) is 11.8. The predicted octanol–water partition coefficient (Wildman–Crippen LogP) is -9.08. The lowest BCUT2D eigenvalue weighted by Crippen LogP contribution is -2.63. The first-order chi connectivity index (χ1) is 21.2. The molecule has 3 aliphatic heterocycles. The van der Waals surface area contributed by atoms with Crippen LogP contribution in [0.1, 0.15) is 6.42 Å². The van der Waals surface area contributed by atoms with Crippen molar-refractivity contribution in [2.75, 3.05) is 46.2 Å². The average molecular weight is 665 g/mol. The third-order valence-corrected chi connectivity index (χ3v) is 9.07. The Balaban J connectivity index is 1.65. The number of aliphatic hydroxyl groups excluding tert-OH is 14. The van der Waals surface area contributed by atoms with Gasteiger partial charge in [0.25, 0.3) is 0 Å². The number of rotatable bonds is 13. The fourth-order valence-corrected chi connectivity index (χ4v) is 6.14. The lowest BCUT2D eigenvalue weighted by Gasteiger charge is -2.44. The summed E-state index contributed by atoms with van der Waals surface area (Å²) in [6.07, 6.45) is -23.8. The SMILES string of the molecule is OCC1OC(O[C@]2(CO[C@]3(CO[C@]4(CO)C[C@H](CO)[C@H](O)C4O)O[C@H](CO)[C@H](O)C3O)O[C@H](CO)[C@H](O)C2O)[C@@H](O)[C@@H](O)[C@@H]1O. The number of hydrogen-bond acceptors (Lipinski definition) is 20. The molecular weight excluding hydrogens is 620 g/mol. The average Bonchev–Trinajstić information content (AvgIpc) is 3.55. The summed E-state index contributed by atoms with van der Waals surface area (Å²) in [6.45, 7) is -6.17. The molecule has 0 aromatic rings. The summed E-state index contributed by atoms with van der Waals surface area (Å²) in [4.78, 5) is 0. The third-order valence-electron chi connectivity index (χ3n) is 9.07. The molecule has 14 N–H and O–H groups in total. The van der Waals surface area contributed by atoms with E-state index >= 15 is 0 Å². The van der Waals surface area contributed by atoms with Gasteiger partial charge in [-0.3, -0.25) is 0 Å². The van der Waals surface area contributed by atoms with Gasteiger partial charge in [0, 0.05) is 12.5 Å². The maximum absolute atomic E-state index is 11.0. The minimum atomic E-state index is -2.64. The summed E-state index contributed by atoms with van der Waals surface area (Å²) >= 11 is 0. The molecule has 4 fully saturated rings. The van der Waals surface area contributed by atoms with Crippen molar-refractivity contribution in [3.8, 4) is 0 Å². The third kappa shape index (κ3) is 6.50. The quantitative estimate of drug-likeness (QED) is 0.0868. The van der Waals surface area contributed by atoms with Gasteiger partial charge in [0.15, 0.2) is 6.29 Å². The Morgan fingerprint density at radius 2 is 1.07 bits per heavy atom. The number of hydrogen-bond donors (Lipinski definition) is 14. The summed E-state index contributed by atoms with van der Waals surface area (Å²) in [6, 6.07) is 0. The predicted molar refractivity (Wildman–Crippen MR) is 137 cm³/mol. The number of ether oxygens (including phenoxy) is 6. The van der Waals surface area contributed by atoms with Gasteiger partial charge in [-0.2, -0.15) is 0 Å². The van der Waals surface area contributed by atoms with Crippen molar-refractivity contribution in [2.24, 2.45) is 5.92 Å².